The van der Waals surface area contributed by atoms with Crippen molar-refractivity contribution >= 4 is 43.5 Å². The molecule has 1 atom stereocenters. The van der Waals surface area contributed by atoms with E-state index in [1.165, 1.54) is 24.1 Å². The van der Waals surface area contributed by atoms with Crippen molar-refractivity contribution in [1.82, 2.24) is 10.2 Å². The number of anilines is 1. The van der Waals surface area contributed by atoms with E-state index in [4.69, 9.17) is 4.74 Å². The van der Waals surface area contributed by atoms with Gasteiger partial charge >= 0.3 is 0 Å². The van der Waals surface area contributed by atoms with Gasteiger partial charge in [0.15, 0.2) is 0 Å². The lowest BCUT2D eigenvalue weighted by atomic mass is 9.95. The Labute approximate surface area is 263 Å². The van der Waals surface area contributed by atoms with Crippen molar-refractivity contribution in [2.75, 3.05) is 18.0 Å². The molecule has 0 spiro atoms. The van der Waals surface area contributed by atoms with Crippen molar-refractivity contribution in [3.63, 3.8) is 0 Å². The maximum Gasteiger partial charge on any atom is 0.264 e. The molecule has 1 fully saturated rings. The molecule has 0 radical (unpaired) electrons. The first-order valence-corrected chi connectivity index (χ1v) is 16.8. The van der Waals surface area contributed by atoms with Crippen molar-refractivity contribution < 1.29 is 22.7 Å². The van der Waals surface area contributed by atoms with E-state index in [9.17, 15) is 18.0 Å². The molecule has 3 aromatic carbocycles. The fourth-order valence-electron chi connectivity index (χ4n) is 5.30. The zero-order valence-electron chi connectivity index (χ0n) is 25.2. The second-order valence-electron chi connectivity index (χ2n) is 11.1. The Hall–Kier alpha value is -3.37. The fourth-order valence-corrected chi connectivity index (χ4v) is 7.43. The molecule has 4 rings (SSSR count). The number of methoxy groups -OCH3 is 1. The predicted molar refractivity (Wildman–Crippen MR) is 173 cm³/mol. The van der Waals surface area contributed by atoms with E-state index in [2.05, 4.69) is 21.2 Å². The topological polar surface area (TPSA) is 96.0 Å². The van der Waals surface area contributed by atoms with Crippen LogP contribution in [0.1, 0.15) is 55.7 Å². The van der Waals surface area contributed by atoms with E-state index in [0.29, 0.717) is 15.9 Å². The van der Waals surface area contributed by atoms with E-state index >= 15 is 0 Å². The van der Waals surface area contributed by atoms with Gasteiger partial charge < -0.3 is 15.0 Å². The first-order valence-electron chi connectivity index (χ1n) is 14.6. The summed E-state index contributed by atoms with van der Waals surface area (Å²) in [6, 6.07) is 18.4. The molecule has 1 saturated carbocycles. The van der Waals surface area contributed by atoms with Crippen molar-refractivity contribution in [2.24, 2.45) is 0 Å². The molecule has 1 aliphatic rings. The van der Waals surface area contributed by atoms with Crippen LogP contribution in [0.2, 0.25) is 0 Å². The Balaban J connectivity index is 1.70. The molecule has 0 saturated heterocycles. The largest absolute Gasteiger partial charge is 0.496 e. The van der Waals surface area contributed by atoms with Crippen LogP contribution in [0.5, 0.6) is 5.75 Å². The zero-order chi connectivity index (χ0) is 31.1. The van der Waals surface area contributed by atoms with Crippen LogP contribution in [-0.2, 0) is 26.2 Å². The van der Waals surface area contributed by atoms with Gasteiger partial charge in [-0.05, 0) is 91.0 Å². The minimum atomic E-state index is -4.19. The van der Waals surface area contributed by atoms with Gasteiger partial charge in [0, 0.05) is 12.6 Å². The van der Waals surface area contributed by atoms with Gasteiger partial charge in [-0.1, -0.05) is 61.2 Å². The number of aryl methyl sites for hydroxylation is 2. The van der Waals surface area contributed by atoms with Crippen LogP contribution in [0.25, 0.3) is 0 Å². The molecule has 2 amide bonds. The third kappa shape index (κ3) is 7.97. The fraction of sp³-hybridized carbons (Fsp3) is 0.394. The highest BCUT2D eigenvalue weighted by Crippen LogP contribution is 2.31. The van der Waals surface area contributed by atoms with Gasteiger partial charge in [0.05, 0.1) is 22.2 Å². The van der Waals surface area contributed by atoms with E-state index in [1.807, 2.05) is 38.1 Å². The number of nitrogens with zero attached hydrogens (tertiary/aromatic N) is 2. The molecule has 1 N–H and O–H groups in total. The zero-order valence-corrected chi connectivity index (χ0v) is 27.6. The monoisotopic (exact) mass is 669 g/mol. The first kappa shape index (κ1) is 32.5. The molecule has 3 aromatic rings. The predicted octanol–water partition coefficient (Wildman–Crippen LogP) is 6.14. The molecule has 0 heterocycles. The number of sulfonamides is 1. The summed E-state index contributed by atoms with van der Waals surface area (Å²) >= 11 is 3.38. The number of rotatable bonds is 11. The van der Waals surface area contributed by atoms with Crippen LogP contribution in [0.15, 0.2) is 76.1 Å². The molecule has 8 nitrogen and oxygen atoms in total. The highest BCUT2D eigenvalue weighted by atomic mass is 79.9. The Bertz CT molecular complexity index is 1540. The summed E-state index contributed by atoms with van der Waals surface area (Å²) in [4.78, 5) is 29.2. The first-order chi connectivity index (χ1) is 20.5. The maximum atomic E-state index is 14.2. The number of amides is 2. The molecular formula is C33H40BrN3O5S. The van der Waals surface area contributed by atoms with Gasteiger partial charge in [-0.15, -0.1) is 0 Å². The van der Waals surface area contributed by atoms with Crippen LogP contribution < -0.4 is 14.4 Å². The Kier molecular flexibility index (Phi) is 10.9. The number of hydrogen-bond acceptors (Lipinski definition) is 5. The number of ether oxygens (including phenoxy) is 1. The summed E-state index contributed by atoms with van der Waals surface area (Å²) in [5, 5.41) is 3.14. The third-order valence-corrected chi connectivity index (χ3v) is 10.4. The van der Waals surface area contributed by atoms with E-state index < -0.39 is 28.5 Å². The SMILES string of the molecule is COc1ccc(S(=O)(=O)N(CC(=O)N(Cc2ccccc2C)[C@@H](C)C(=O)NC2CCCCC2)c2ccc(C)cc2)cc1Br. The summed E-state index contributed by atoms with van der Waals surface area (Å²) in [6.07, 6.45) is 5.13. The molecule has 10 heteroatoms. The number of benzene rings is 3. The lowest BCUT2D eigenvalue weighted by molar-refractivity contribution is -0.139. The summed E-state index contributed by atoms with van der Waals surface area (Å²) in [7, 11) is -2.69. The molecule has 0 aliphatic heterocycles. The normalized spacial score (nSPS) is 14.5. The van der Waals surface area contributed by atoms with Gasteiger partial charge in [-0.3, -0.25) is 13.9 Å². The second kappa shape index (κ2) is 14.4. The lowest BCUT2D eigenvalue weighted by Gasteiger charge is -2.33. The molecule has 230 valence electrons. The Morgan fingerprint density at radius 2 is 1.67 bits per heavy atom. The molecule has 43 heavy (non-hydrogen) atoms. The average molecular weight is 671 g/mol. The minimum absolute atomic E-state index is 0.00194. The third-order valence-electron chi connectivity index (χ3n) is 8.03. The van der Waals surface area contributed by atoms with Crippen LogP contribution in [0.4, 0.5) is 5.69 Å². The number of carbonyl (C=O) groups is 2. The highest BCUT2D eigenvalue weighted by molar-refractivity contribution is 9.10. The molecular weight excluding hydrogens is 630 g/mol. The van der Waals surface area contributed by atoms with E-state index in [0.717, 1.165) is 53.1 Å². The second-order valence-corrected chi connectivity index (χ2v) is 13.8. The Morgan fingerprint density at radius 3 is 2.30 bits per heavy atom. The number of hydrogen-bond donors (Lipinski definition) is 1. The Morgan fingerprint density at radius 1 is 1.00 bits per heavy atom. The van der Waals surface area contributed by atoms with E-state index in [-0.39, 0.29) is 23.4 Å². The summed E-state index contributed by atoms with van der Waals surface area (Å²) < 4.78 is 35.1. The molecule has 0 aromatic heterocycles. The highest BCUT2D eigenvalue weighted by Gasteiger charge is 2.33. The van der Waals surface area contributed by atoms with Crippen LogP contribution >= 0.6 is 15.9 Å². The van der Waals surface area contributed by atoms with Crippen LogP contribution in [0.3, 0.4) is 0 Å². The van der Waals surface area contributed by atoms with Crippen molar-refractivity contribution in [3.05, 3.63) is 87.9 Å². The quantitative estimate of drug-likeness (QED) is 0.265. The summed E-state index contributed by atoms with van der Waals surface area (Å²) in [5.74, 6) is -0.233. The maximum absolute atomic E-state index is 14.2. The standard InChI is InChI=1S/C33H40BrN3O5S/c1-23-14-16-28(17-15-23)37(43(40,41)29-18-19-31(42-4)30(34)20-29)22-32(38)36(21-26-11-9-8-10-24(26)2)25(3)33(39)35-27-12-6-5-7-13-27/h8-11,14-20,25,27H,5-7,12-13,21-22H2,1-4H3,(H,35,39)/t25-/m0/s1. The molecule has 0 bridgehead atoms. The van der Waals surface area contributed by atoms with Crippen molar-refractivity contribution in [2.45, 2.75) is 76.4 Å². The number of carbonyl (C=O) groups excluding carboxylic acids is 2. The summed E-state index contributed by atoms with van der Waals surface area (Å²) in [5.41, 5.74) is 3.16. The molecule has 1 aliphatic carbocycles. The number of halogens is 1. The van der Waals surface area contributed by atoms with Gasteiger partial charge in [0.2, 0.25) is 11.8 Å². The number of nitrogens with one attached hydrogen (secondary N) is 1. The van der Waals surface area contributed by atoms with Crippen molar-refractivity contribution in [3.8, 4) is 5.75 Å². The van der Waals surface area contributed by atoms with Crippen LogP contribution in [0, 0.1) is 13.8 Å². The smallest absolute Gasteiger partial charge is 0.264 e. The van der Waals surface area contributed by atoms with Gasteiger partial charge in [0.25, 0.3) is 10.0 Å². The summed E-state index contributed by atoms with van der Waals surface area (Å²) in [6.45, 7) is 5.25. The van der Waals surface area contributed by atoms with E-state index in [1.54, 1.807) is 37.3 Å². The minimum Gasteiger partial charge on any atom is -0.496 e. The lowest BCUT2D eigenvalue weighted by Crippen LogP contribution is -2.53. The van der Waals surface area contributed by atoms with Crippen molar-refractivity contribution in [1.29, 1.82) is 0 Å². The van der Waals surface area contributed by atoms with Gasteiger partial charge in [-0.2, -0.15) is 0 Å². The van der Waals surface area contributed by atoms with Crippen LogP contribution in [-0.4, -0.2) is 50.9 Å². The van der Waals surface area contributed by atoms with Gasteiger partial charge in [-0.25, -0.2) is 8.42 Å². The van der Waals surface area contributed by atoms with Gasteiger partial charge in [0.1, 0.15) is 18.3 Å². The molecule has 0 unspecified atom stereocenters. The average Bonchev–Trinajstić information content (AvgIpc) is 3.00.